The van der Waals surface area contributed by atoms with Crippen molar-refractivity contribution in [1.29, 1.82) is 0 Å². The van der Waals surface area contributed by atoms with Crippen LogP contribution in [0, 0.1) is 27.7 Å². The molecule has 3 aromatic heterocycles. The zero-order valence-electron chi connectivity index (χ0n) is 13.0. The van der Waals surface area contributed by atoms with Gasteiger partial charge < -0.3 is 5.73 Å². The van der Waals surface area contributed by atoms with Crippen LogP contribution in [0.3, 0.4) is 0 Å². The molecule has 0 saturated carbocycles. The lowest BCUT2D eigenvalue weighted by molar-refractivity contribution is 0.677. The van der Waals surface area contributed by atoms with Gasteiger partial charge in [0.15, 0.2) is 5.65 Å². The number of hydrogen-bond donors (Lipinski definition) is 1. The van der Waals surface area contributed by atoms with Crippen LogP contribution in [0.1, 0.15) is 28.1 Å². The number of rotatable bonds is 2. The van der Waals surface area contributed by atoms with Gasteiger partial charge in [-0.15, -0.1) is 0 Å². The zero-order chi connectivity index (χ0) is 16.0. The Bertz CT molecular complexity index is 884. The molecule has 2 N–H and O–H groups in total. The summed E-state index contributed by atoms with van der Waals surface area (Å²) in [6.07, 6.45) is 1.88. The number of fused-ring (bicyclic) bond motifs is 1. The highest BCUT2D eigenvalue weighted by Crippen LogP contribution is 2.25. The number of nitrogen functional groups attached to an aromatic ring is 1. The average Bonchev–Trinajstić information content (AvgIpc) is 2.76. The van der Waals surface area contributed by atoms with E-state index in [2.05, 4.69) is 40.8 Å². The topological polar surface area (TPSA) is 82.5 Å². The Morgan fingerprint density at radius 1 is 1.14 bits per heavy atom. The molecule has 3 rings (SSSR count). The lowest BCUT2D eigenvalue weighted by Gasteiger charge is -2.10. The first-order valence-electron chi connectivity index (χ1n) is 6.96. The van der Waals surface area contributed by atoms with Gasteiger partial charge in [-0.1, -0.05) is 11.6 Å². The second kappa shape index (κ2) is 5.21. The summed E-state index contributed by atoms with van der Waals surface area (Å²) >= 11 is 6.16. The van der Waals surface area contributed by atoms with Crippen LogP contribution in [-0.2, 0) is 6.54 Å². The Morgan fingerprint density at radius 3 is 2.59 bits per heavy atom. The van der Waals surface area contributed by atoms with Crippen LogP contribution < -0.4 is 5.73 Å². The second-order valence-electron chi connectivity index (χ2n) is 5.45. The summed E-state index contributed by atoms with van der Waals surface area (Å²) < 4.78 is 1.78. The fraction of sp³-hybridized carbons (Fsp3) is 0.333. The maximum absolute atomic E-state index is 6.16. The highest BCUT2D eigenvalue weighted by molar-refractivity contribution is 6.34. The molecule has 114 valence electrons. The number of nitrogens with zero attached hydrogens (tertiary/aromatic N) is 5. The van der Waals surface area contributed by atoms with Gasteiger partial charge in [0, 0.05) is 6.20 Å². The first-order chi connectivity index (χ1) is 10.4. The van der Waals surface area contributed by atoms with Crippen molar-refractivity contribution >= 4 is 28.6 Å². The Balaban J connectivity index is 2.14. The van der Waals surface area contributed by atoms with E-state index in [4.69, 9.17) is 17.3 Å². The van der Waals surface area contributed by atoms with Gasteiger partial charge in [0.1, 0.15) is 5.15 Å². The number of pyridine rings is 1. The minimum absolute atomic E-state index is 0.142. The van der Waals surface area contributed by atoms with E-state index in [0.29, 0.717) is 17.3 Å². The quantitative estimate of drug-likeness (QED) is 0.735. The average molecular weight is 317 g/mol. The van der Waals surface area contributed by atoms with Crippen LogP contribution in [-0.4, -0.2) is 24.7 Å². The Morgan fingerprint density at radius 2 is 1.86 bits per heavy atom. The van der Waals surface area contributed by atoms with Gasteiger partial charge in [0.05, 0.1) is 23.3 Å². The van der Waals surface area contributed by atoms with Crippen molar-refractivity contribution in [2.24, 2.45) is 0 Å². The third-order valence-electron chi connectivity index (χ3n) is 4.04. The number of anilines is 1. The molecule has 6 nitrogen and oxygen atoms in total. The number of halogens is 1. The molecule has 0 bridgehead atoms. The number of hydrogen-bond acceptors (Lipinski definition) is 5. The molecule has 0 atom stereocenters. The molecule has 3 heterocycles. The molecule has 0 aliphatic heterocycles. The van der Waals surface area contributed by atoms with Crippen molar-refractivity contribution in [2.75, 3.05) is 5.73 Å². The van der Waals surface area contributed by atoms with E-state index in [1.165, 1.54) is 11.1 Å². The molecule has 22 heavy (non-hydrogen) atoms. The molecular formula is C15H17ClN6. The Kier molecular flexibility index (Phi) is 3.48. The minimum atomic E-state index is 0.142. The minimum Gasteiger partial charge on any atom is -0.368 e. The third-order valence-corrected chi connectivity index (χ3v) is 4.31. The largest absolute Gasteiger partial charge is 0.368 e. The summed E-state index contributed by atoms with van der Waals surface area (Å²) in [4.78, 5) is 12.8. The Hall–Kier alpha value is -2.21. The second-order valence-corrected chi connectivity index (χ2v) is 5.81. The summed E-state index contributed by atoms with van der Waals surface area (Å²) in [6, 6.07) is 0. The van der Waals surface area contributed by atoms with Crippen LogP contribution in [0.5, 0.6) is 0 Å². The lowest BCUT2D eigenvalue weighted by Crippen LogP contribution is -2.08. The highest BCUT2D eigenvalue weighted by atomic mass is 35.5. The number of nitrogens with two attached hydrogens (primary N) is 1. The van der Waals surface area contributed by atoms with E-state index < -0.39 is 0 Å². The van der Waals surface area contributed by atoms with Crippen LogP contribution in [0.15, 0.2) is 6.20 Å². The van der Waals surface area contributed by atoms with Gasteiger partial charge in [-0.05, 0) is 44.4 Å². The first-order valence-corrected chi connectivity index (χ1v) is 7.34. The third kappa shape index (κ3) is 2.29. The molecular weight excluding hydrogens is 300 g/mol. The van der Waals surface area contributed by atoms with Crippen LogP contribution in [0.2, 0.25) is 5.15 Å². The van der Waals surface area contributed by atoms with E-state index >= 15 is 0 Å². The van der Waals surface area contributed by atoms with Crippen LogP contribution in [0.4, 0.5) is 5.95 Å². The maximum atomic E-state index is 6.16. The van der Waals surface area contributed by atoms with E-state index in [0.717, 1.165) is 22.3 Å². The van der Waals surface area contributed by atoms with Crippen molar-refractivity contribution in [2.45, 2.75) is 34.2 Å². The van der Waals surface area contributed by atoms with Crippen molar-refractivity contribution < 1.29 is 0 Å². The van der Waals surface area contributed by atoms with Gasteiger partial charge in [0.25, 0.3) is 0 Å². The lowest BCUT2D eigenvalue weighted by atomic mass is 10.1. The number of aryl methyl sites for hydroxylation is 2. The molecule has 0 unspecified atom stereocenters. The number of aromatic nitrogens is 5. The first kappa shape index (κ1) is 14.7. The summed E-state index contributed by atoms with van der Waals surface area (Å²) in [5, 5.41) is 5.58. The van der Waals surface area contributed by atoms with Crippen molar-refractivity contribution in [3.05, 3.63) is 39.4 Å². The standard InChI is InChI=1S/C15H17ClN6/c1-7-5-18-11(9(3)8(7)2)6-22-14-12(10(4)21-22)13(16)19-15(17)20-14/h5H,6H2,1-4H3,(H2,17,19,20). The predicted molar refractivity (Wildman–Crippen MR) is 87.0 cm³/mol. The monoisotopic (exact) mass is 316 g/mol. The molecule has 0 saturated heterocycles. The normalized spacial score (nSPS) is 11.3. The van der Waals surface area contributed by atoms with Gasteiger partial charge in [0.2, 0.25) is 5.95 Å². The fourth-order valence-electron chi connectivity index (χ4n) is 2.51. The molecule has 7 heteroatoms. The summed E-state index contributed by atoms with van der Waals surface area (Å²) in [6.45, 7) is 8.62. The van der Waals surface area contributed by atoms with E-state index in [9.17, 15) is 0 Å². The predicted octanol–water partition coefficient (Wildman–Crippen LogP) is 2.74. The van der Waals surface area contributed by atoms with Crippen LogP contribution >= 0.6 is 11.6 Å². The van der Waals surface area contributed by atoms with E-state index in [-0.39, 0.29) is 5.95 Å². The smallest absolute Gasteiger partial charge is 0.223 e. The summed E-state index contributed by atoms with van der Waals surface area (Å²) in [5.41, 5.74) is 11.7. The molecule has 3 aromatic rings. The van der Waals surface area contributed by atoms with Crippen LogP contribution in [0.25, 0.3) is 11.0 Å². The molecule has 0 amide bonds. The maximum Gasteiger partial charge on any atom is 0.223 e. The van der Waals surface area contributed by atoms with E-state index in [1.54, 1.807) is 4.68 Å². The zero-order valence-corrected chi connectivity index (χ0v) is 13.7. The highest BCUT2D eigenvalue weighted by Gasteiger charge is 2.16. The molecule has 0 aliphatic carbocycles. The van der Waals surface area contributed by atoms with Gasteiger partial charge in [-0.25, -0.2) is 9.67 Å². The van der Waals surface area contributed by atoms with Crippen molar-refractivity contribution in [1.82, 2.24) is 24.7 Å². The van der Waals surface area contributed by atoms with Gasteiger partial charge in [-0.2, -0.15) is 10.1 Å². The van der Waals surface area contributed by atoms with Gasteiger partial charge in [-0.3, -0.25) is 4.98 Å². The molecule has 0 aliphatic rings. The molecule has 0 fully saturated rings. The Labute approximate surface area is 133 Å². The van der Waals surface area contributed by atoms with Crippen molar-refractivity contribution in [3.63, 3.8) is 0 Å². The SMILES string of the molecule is Cc1cnc(Cn2nc(C)c3c(Cl)nc(N)nc32)c(C)c1C. The fourth-order valence-corrected chi connectivity index (χ4v) is 2.81. The summed E-state index contributed by atoms with van der Waals surface area (Å²) in [7, 11) is 0. The molecule has 0 aromatic carbocycles. The van der Waals surface area contributed by atoms with Crippen molar-refractivity contribution in [3.8, 4) is 0 Å². The molecule has 0 spiro atoms. The molecule has 0 radical (unpaired) electrons. The summed E-state index contributed by atoms with van der Waals surface area (Å²) in [5.74, 6) is 0.142. The van der Waals surface area contributed by atoms with E-state index in [1.807, 2.05) is 13.1 Å². The van der Waals surface area contributed by atoms with Gasteiger partial charge >= 0.3 is 0 Å².